The van der Waals surface area contributed by atoms with Gasteiger partial charge in [0.05, 0.1) is 23.5 Å². The maximum atomic E-state index is 14.0. The molecule has 9 heteroatoms. The number of halogens is 1. The molecule has 2 atom stereocenters. The Hall–Kier alpha value is -3.27. The van der Waals surface area contributed by atoms with E-state index in [2.05, 4.69) is 5.32 Å². The SMILES string of the molecule is CC(C)c1c(C(=O)Nc2ccccc2)c(-c2ccccc2)c(-c2ccc(F)cc2)n1CC[C@H](O)C[C@H](O)CC(=O)[O-].[Na+]. The first-order valence-electron chi connectivity index (χ1n) is 13.7. The van der Waals surface area contributed by atoms with Crippen molar-refractivity contribution >= 4 is 17.6 Å². The van der Waals surface area contributed by atoms with Crippen LogP contribution in [-0.4, -0.2) is 38.9 Å². The number of hydrogen-bond acceptors (Lipinski definition) is 5. The summed E-state index contributed by atoms with van der Waals surface area (Å²) in [4.78, 5) is 24.9. The van der Waals surface area contributed by atoms with Gasteiger partial charge in [-0.25, -0.2) is 4.39 Å². The number of carbonyl (C=O) groups is 2. The van der Waals surface area contributed by atoms with Crippen LogP contribution in [0, 0.1) is 5.82 Å². The minimum atomic E-state index is -1.39. The second-order valence-corrected chi connectivity index (χ2v) is 10.4. The van der Waals surface area contributed by atoms with E-state index in [1.807, 2.05) is 66.9 Å². The van der Waals surface area contributed by atoms with Crippen LogP contribution in [0.2, 0.25) is 0 Å². The Labute approximate surface area is 267 Å². The Bertz CT molecular complexity index is 1470. The van der Waals surface area contributed by atoms with Crippen LogP contribution in [0.1, 0.15) is 55.1 Å². The van der Waals surface area contributed by atoms with Gasteiger partial charge in [-0.2, -0.15) is 0 Å². The second kappa shape index (κ2) is 15.3. The number of carboxylic acid groups (broad SMARTS) is 1. The topological polar surface area (TPSA) is 115 Å². The van der Waals surface area contributed by atoms with Gasteiger partial charge in [-0.3, -0.25) is 4.79 Å². The number of carboxylic acids is 1. The van der Waals surface area contributed by atoms with Crippen molar-refractivity contribution in [2.75, 3.05) is 5.32 Å². The smallest absolute Gasteiger partial charge is 0.550 e. The molecule has 0 aliphatic carbocycles. The van der Waals surface area contributed by atoms with Crippen molar-refractivity contribution in [1.82, 2.24) is 4.57 Å². The number of aliphatic carboxylic acids is 1. The normalized spacial score (nSPS) is 12.4. The fourth-order valence-electron chi connectivity index (χ4n) is 5.19. The number of nitrogens with zero attached hydrogens (tertiary/aromatic N) is 1. The summed E-state index contributed by atoms with van der Waals surface area (Å²) in [6.45, 7) is 4.22. The third kappa shape index (κ3) is 8.18. The standard InChI is InChI=1S/C33H35FN2O5.Na/c1-21(2)31-30(33(41)35-25-11-7-4-8-12-25)29(22-9-5-3-6-10-22)32(23-13-15-24(34)16-14-23)36(31)18-17-26(37)19-27(38)20-28(39)40;/h3-16,21,26-27,37-38H,17-20H2,1-2H3,(H,35,41)(H,39,40);/q;+1/p-1/t26-,27-;/m0./s1. The van der Waals surface area contributed by atoms with E-state index in [-0.39, 0.29) is 60.8 Å². The Morgan fingerprint density at radius 2 is 1.48 bits per heavy atom. The molecule has 0 fully saturated rings. The summed E-state index contributed by atoms with van der Waals surface area (Å²) < 4.78 is 16.0. The van der Waals surface area contributed by atoms with E-state index in [0.29, 0.717) is 28.1 Å². The molecule has 4 aromatic rings. The molecule has 1 amide bonds. The number of nitrogens with one attached hydrogen (secondary N) is 1. The van der Waals surface area contributed by atoms with Gasteiger partial charge in [0.15, 0.2) is 0 Å². The van der Waals surface area contributed by atoms with Gasteiger partial charge in [-0.05, 0) is 66.3 Å². The van der Waals surface area contributed by atoms with E-state index >= 15 is 0 Å². The second-order valence-electron chi connectivity index (χ2n) is 10.4. The molecule has 4 rings (SSSR count). The molecule has 0 spiro atoms. The number of rotatable bonds is 12. The van der Waals surface area contributed by atoms with Crippen LogP contribution in [0.3, 0.4) is 0 Å². The van der Waals surface area contributed by atoms with Crippen molar-refractivity contribution in [3.8, 4) is 22.4 Å². The van der Waals surface area contributed by atoms with E-state index in [9.17, 15) is 29.3 Å². The van der Waals surface area contributed by atoms with Crippen molar-refractivity contribution in [1.29, 1.82) is 0 Å². The molecule has 0 saturated carbocycles. The zero-order valence-corrected chi connectivity index (χ0v) is 26.1. The van der Waals surface area contributed by atoms with Crippen LogP contribution in [0.5, 0.6) is 0 Å². The molecule has 3 N–H and O–H groups in total. The van der Waals surface area contributed by atoms with Crippen LogP contribution >= 0.6 is 0 Å². The summed E-state index contributed by atoms with van der Waals surface area (Å²) >= 11 is 0. The zero-order chi connectivity index (χ0) is 29.5. The predicted octanol–water partition coefficient (Wildman–Crippen LogP) is 1.98. The fourth-order valence-corrected chi connectivity index (χ4v) is 5.19. The van der Waals surface area contributed by atoms with Gasteiger partial charge in [0.1, 0.15) is 5.82 Å². The molecule has 1 aromatic heterocycles. The number of anilines is 1. The number of aliphatic hydroxyl groups excluding tert-OH is 2. The molecular weight excluding hydrogens is 546 g/mol. The number of hydrogen-bond donors (Lipinski definition) is 3. The van der Waals surface area contributed by atoms with E-state index in [0.717, 1.165) is 11.3 Å². The fraction of sp³-hybridized carbons (Fsp3) is 0.273. The summed E-state index contributed by atoms with van der Waals surface area (Å²) in [5.74, 6) is -2.20. The monoisotopic (exact) mass is 580 g/mol. The average Bonchev–Trinajstić information content (AvgIpc) is 3.28. The van der Waals surface area contributed by atoms with Gasteiger partial charge in [0.25, 0.3) is 5.91 Å². The Balaban J connectivity index is 0.00000484. The third-order valence-corrected chi connectivity index (χ3v) is 6.92. The molecule has 0 aliphatic rings. The number of benzene rings is 3. The molecule has 3 aromatic carbocycles. The summed E-state index contributed by atoms with van der Waals surface area (Å²) in [5.41, 5.74) is 4.72. The van der Waals surface area contributed by atoms with E-state index < -0.39 is 30.4 Å². The number of aliphatic hydroxyl groups is 2. The van der Waals surface area contributed by atoms with E-state index in [1.165, 1.54) is 12.1 Å². The van der Waals surface area contributed by atoms with E-state index in [1.54, 1.807) is 24.3 Å². The summed E-state index contributed by atoms with van der Waals surface area (Å²) in [5, 5.41) is 34.6. The first-order valence-corrected chi connectivity index (χ1v) is 13.7. The molecular formula is C33H34FN2NaO5. The Morgan fingerprint density at radius 1 is 0.881 bits per heavy atom. The third-order valence-electron chi connectivity index (χ3n) is 6.92. The zero-order valence-electron chi connectivity index (χ0n) is 24.1. The van der Waals surface area contributed by atoms with Crippen molar-refractivity contribution in [2.24, 2.45) is 0 Å². The maximum absolute atomic E-state index is 14.0. The number of aromatic nitrogens is 1. The Morgan fingerprint density at radius 3 is 2.05 bits per heavy atom. The number of carbonyl (C=O) groups excluding carboxylic acids is 2. The van der Waals surface area contributed by atoms with Crippen LogP contribution in [0.15, 0.2) is 84.9 Å². The van der Waals surface area contributed by atoms with Crippen molar-refractivity contribution in [3.63, 3.8) is 0 Å². The number of para-hydroxylation sites is 1. The minimum absolute atomic E-state index is 0. The molecule has 0 aliphatic heterocycles. The van der Waals surface area contributed by atoms with Crippen molar-refractivity contribution < 1.29 is 58.9 Å². The molecule has 214 valence electrons. The summed E-state index contributed by atoms with van der Waals surface area (Å²) in [6.07, 6.45) is -2.77. The van der Waals surface area contributed by atoms with Crippen LogP contribution in [0.25, 0.3) is 22.4 Å². The minimum Gasteiger partial charge on any atom is -0.550 e. The van der Waals surface area contributed by atoms with Crippen molar-refractivity contribution in [2.45, 2.75) is 57.8 Å². The quantitative estimate of drug-likeness (QED) is 0.222. The van der Waals surface area contributed by atoms with Crippen LogP contribution < -0.4 is 40.0 Å². The molecule has 7 nitrogen and oxygen atoms in total. The predicted molar refractivity (Wildman–Crippen MR) is 155 cm³/mol. The molecule has 0 radical (unpaired) electrons. The first-order chi connectivity index (χ1) is 19.7. The molecule has 42 heavy (non-hydrogen) atoms. The van der Waals surface area contributed by atoms with Gasteiger partial charge in [-0.1, -0.05) is 62.4 Å². The average molecular weight is 581 g/mol. The van der Waals surface area contributed by atoms with Gasteiger partial charge >= 0.3 is 29.6 Å². The largest absolute Gasteiger partial charge is 1.00 e. The molecule has 0 unspecified atom stereocenters. The summed E-state index contributed by atoms with van der Waals surface area (Å²) in [7, 11) is 0. The van der Waals surface area contributed by atoms with Gasteiger partial charge in [-0.15, -0.1) is 0 Å². The van der Waals surface area contributed by atoms with Crippen LogP contribution in [-0.2, 0) is 11.3 Å². The van der Waals surface area contributed by atoms with Gasteiger partial charge < -0.3 is 30.0 Å². The molecule has 0 saturated heterocycles. The maximum Gasteiger partial charge on any atom is 1.00 e. The molecule has 1 heterocycles. The van der Waals surface area contributed by atoms with Gasteiger partial charge in [0, 0.05) is 35.9 Å². The molecule has 0 bridgehead atoms. The number of amides is 1. The van der Waals surface area contributed by atoms with E-state index in [4.69, 9.17) is 0 Å². The summed E-state index contributed by atoms with van der Waals surface area (Å²) in [6, 6.07) is 24.7. The van der Waals surface area contributed by atoms with Crippen LogP contribution in [0.4, 0.5) is 10.1 Å². The first kappa shape index (κ1) is 33.2. The van der Waals surface area contributed by atoms with Gasteiger partial charge in [0.2, 0.25) is 0 Å². The Kier molecular flexibility index (Phi) is 12.1. The van der Waals surface area contributed by atoms with Crippen molar-refractivity contribution in [3.05, 3.63) is 102 Å².